The van der Waals surface area contributed by atoms with Gasteiger partial charge in [0, 0.05) is 19.1 Å². The number of aliphatic hydroxyl groups is 2. The molecule has 0 atom stereocenters. The van der Waals surface area contributed by atoms with Crippen LogP contribution >= 0.6 is 0 Å². The first-order valence-electron chi connectivity index (χ1n) is 5.17. The molecule has 0 aliphatic carbocycles. The summed E-state index contributed by atoms with van der Waals surface area (Å²) < 4.78 is 0. The van der Waals surface area contributed by atoms with Gasteiger partial charge in [-0.25, -0.2) is 0 Å². The number of aryl methyl sites for hydroxylation is 2. The van der Waals surface area contributed by atoms with Crippen LogP contribution in [0.15, 0.2) is 18.2 Å². The van der Waals surface area contributed by atoms with Gasteiger partial charge in [0.25, 0.3) is 0 Å². The van der Waals surface area contributed by atoms with Gasteiger partial charge in [-0.2, -0.15) is 0 Å². The third-order valence-electron chi connectivity index (χ3n) is 2.62. The fourth-order valence-electron chi connectivity index (χ4n) is 1.48. The van der Waals surface area contributed by atoms with Crippen LogP contribution in [0.4, 0.5) is 0 Å². The van der Waals surface area contributed by atoms with E-state index in [0.29, 0.717) is 5.75 Å². The van der Waals surface area contributed by atoms with Crippen LogP contribution in [0.3, 0.4) is 0 Å². The maximum Gasteiger partial charge on any atom is 0.118 e. The van der Waals surface area contributed by atoms with Crippen molar-refractivity contribution in [2.24, 2.45) is 5.92 Å². The van der Waals surface area contributed by atoms with Gasteiger partial charge < -0.3 is 15.3 Å². The standard InChI is InChI=1S/C12H18O3/c1-9-6-10(4-5-12(9)15)2-3-11(7-13)8-14/h4-6,11,13-15H,2-3,7-8H2,1H3. The minimum Gasteiger partial charge on any atom is -0.508 e. The molecule has 15 heavy (non-hydrogen) atoms. The Hall–Kier alpha value is -1.06. The summed E-state index contributed by atoms with van der Waals surface area (Å²) in [5.74, 6) is 0.263. The second kappa shape index (κ2) is 5.73. The maximum atomic E-state index is 9.33. The molecule has 0 saturated heterocycles. The van der Waals surface area contributed by atoms with Crippen molar-refractivity contribution in [1.82, 2.24) is 0 Å². The summed E-state index contributed by atoms with van der Waals surface area (Å²) in [7, 11) is 0. The Bertz CT molecular complexity index is 306. The topological polar surface area (TPSA) is 60.7 Å². The molecule has 3 nitrogen and oxygen atoms in total. The van der Waals surface area contributed by atoms with Gasteiger partial charge in [0.1, 0.15) is 5.75 Å². The van der Waals surface area contributed by atoms with Gasteiger partial charge in [-0.05, 0) is 37.0 Å². The molecule has 0 aliphatic rings. The monoisotopic (exact) mass is 210 g/mol. The molecule has 0 aliphatic heterocycles. The number of aromatic hydroxyl groups is 1. The summed E-state index contributed by atoms with van der Waals surface area (Å²) >= 11 is 0. The highest BCUT2D eigenvalue weighted by molar-refractivity contribution is 5.34. The molecule has 0 fully saturated rings. The number of phenolic OH excluding ortho intramolecular Hbond substituents is 1. The highest BCUT2D eigenvalue weighted by atomic mass is 16.3. The van der Waals surface area contributed by atoms with Gasteiger partial charge in [0.2, 0.25) is 0 Å². The number of hydrogen-bond acceptors (Lipinski definition) is 3. The van der Waals surface area contributed by atoms with Crippen molar-refractivity contribution in [2.45, 2.75) is 19.8 Å². The van der Waals surface area contributed by atoms with Crippen LogP contribution in [0, 0.1) is 12.8 Å². The van der Waals surface area contributed by atoms with E-state index in [0.717, 1.165) is 24.0 Å². The second-order valence-electron chi connectivity index (χ2n) is 3.89. The summed E-state index contributed by atoms with van der Waals surface area (Å²) in [4.78, 5) is 0. The summed E-state index contributed by atoms with van der Waals surface area (Å²) in [6.07, 6.45) is 1.57. The lowest BCUT2D eigenvalue weighted by Crippen LogP contribution is -2.11. The average molecular weight is 210 g/mol. The minimum atomic E-state index is -0.0425. The van der Waals surface area contributed by atoms with Crippen LogP contribution in [0.25, 0.3) is 0 Å². The fraction of sp³-hybridized carbons (Fsp3) is 0.500. The Morgan fingerprint density at radius 2 is 1.87 bits per heavy atom. The molecule has 1 rings (SSSR count). The molecule has 84 valence electrons. The van der Waals surface area contributed by atoms with Crippen LogP contribution in [0.1, 0.15) is 17.5 Å². The van der Waals surface area contributed by atoms with E-state index in [1.807, 2.05) is 19.1 Å². The average Bonchev–Trinajstić information content (AvgIpc) is 2.24. The van der Waals surface area contributed by atoms with Crippen LogP contribution in [0.5, 0.6) is 5.75 Å². The van der Waals surface area contributed by atoms with Gasteiger partial charge in [-0.1, -0.05) is 12.1 Å². The molecule has 0 saturated carbocycles. The first-order valence-corrected chi connectivity index (χ1v) is 5.17. The normalized spacial score (nSPS) is 10.9. The Kier molecular flexibility index (Phi) is 4.59. The molecule has 1 aromatic rings. The number of aliphatic hydroxyl groups excluding tert-OH is 2. The van der Waals surface area contributed by atoms with E-state index < -0.39 is 0 Å². The highest BCUT2D eigenvalue weighted by Gasteiger charge is 2.06. The van der Waals surface area contributed by atoms with Gasteiger partial charge in [-0.3, -0.25) is 0 Å². The zero-order valence-electron chi connectivity index (χ0n) is 8.98. The lowest BCUT2D eigenvalue weighted by Gasteiger charge is -2.10. The predicted molar refractivity (Wildman–Crippen MR) is 58.8 cm³/mol. The summed E-state index contributed by atoms with van der Waals surface area (Å²) in [6.45, 7) is 1.90. The SMILES string of the molecule is Cc1cc(CCC(CO)CO)ccc1O. The largest absolute Gasteiger partial charge is 0.508 e. The van der Waals surface area contributed by atoms with Crippen molar-refractivity contribution in [3.63, 3.8) is 0 Å². The number of phenols is 1. The maximum absolute atomic E-state index is 9.33. The molecular weight excluding hydrogens is 192 g/mol. The molecule has 3 heteroatoms. The molecule has 0 amide bonds. The van der Waals surface area contributed by atoms with Gasteiger partial charge in [-0.15, -0.1) is 0 Å². The van der Waals surface area contributed by atoms with Gasteiger partial charge >= 0.3 is 0 Å². The molecule has 0 unspecified atom stereocenters. The fourth-order valence-corrected chi connectivity index (χ4v) is 1.48. The van der Waals surface area contributed by atoms with E-state index in [1.165, 1.54) is 0 Å². The van der Waals surface area contributed by atoms with E-state index in [9.17, 15) is 5.11 Å². The van der Waals surface area contributed by atoms with Crippen molar-refractivity contribution in [3.05, 3.63) is 29.3 Å². The van der Waals surface area contributed by atoms with Crippen LogP contribution in [0.2, 0.25) is 0 Å². The zero-order valence-corrected chi connectivity index (χ0v) is 8.98. The van der Waals surface area contributed by atoms with E-state index in [4.69, 9.17) is 10.2 Å². The van der Waals surface area contributed by atoms with Crippen molar-refractivity contribution in [1.29, 1.82) is 0 Å². The number of benzene rings is 1. The summed E-state index contributed by atoms with van der Waals surface area (Å²) in [5.41, 5.74) is 1.98. The van der Waals surface area contributed by atoms with Crippen molar-refractivity contribution < 1.29 is 15.3 Å². The first kappa shape index (κ1) is 12.0. The molecule has 0 radical (unpaired) electrons. The lowest BCUT2D eigenvalue weighted by molar-refractivity contribution is 0.144. The van der Waals surface area contributed by atoms with E-state index in [1.54, 1.807) is 6.07 Å². The van der Waals surface area contributed by atoms with E-state index in [-0.39, 0.29) is 19.1 Å². The predicted octanol–water partition coefficient (Wildman–Crippen LogP) is 1.23. The van der Waals surface area contributed by atoms with E-state index >= 15 is 0 Å². The molecule has 0 bridgehead atoms. The Morgan fingerprint density at radius 1 is 1.20 bits per heavy atom. The third kappa shape index (κ3) is 3.53. The van der Waals surface area contributed by atoms with Crippen molar-refractivity contribution in [3.8, 4) is 5.75 Å². The molecule has 0 spiro atoms. The van der Waals surface area contributed by atoms with Gasteiger partial charge in [0.15, 0.2) is 0 Å². The second-order valence-corrected chi connectivity index (χ2v) is 3.89. The number of hydrogen-bond donors (Lipinski definition) is 3. The van der Waals surface area contributed by atoms with Crippen molar-refractivity contribution in [2.75, 3.05) is 13.2 Å². The molecule has 0 aromatic heterocycles. The minimum absolute atomic E-state index is 0.0214. The van der Waals surface area contributed by atoms with E-state index in [2.05, 4.69) is 0 Å². The Labute approximate surface area is 90.0 Å². The quantitative estimate of drug-likeness (QED) is 0.685. The summed E-state index contributed by atoms with van der Waals surface area (Å²) in [6, 6.07) is 5.48. The van der Waals surface area contributed by atoms with Crippen molar-refractivity contribution >= 4 is 0 Å². The molecular formula is C12H18O3. The number of rotatable bonds is 5. The Morgan fingerprint density at radius 3 is 2.40 bits per heavy atom. The zero-order chi connectivity index (χ0) is 11.3. The molecule has 3 N–H and O–H groups in total. The lowest BCUT2D eigenvalue weighted by atomic mass is 9.99. The van der Waals surface area contributed by atoms with Gasteiger partial charge in [0.05, 0.1) is 0 Å². The third-order valence-corrected chi connectivity index (χ3v) is 2.62. The van der Waals surface area contributed by atoms with Crippen LogP contribution in [-0.2, 0) is 6.42 Å². The molecule has 1 aromatic carbocycles. The highest BCUT2D eigenvalue weighted by Crippen LogP contribution is 2.18. The smallest absolute Gasteiger partial charge is 0.118 e. The molecule has 0 heterocycles. The summed E-state index contributed by atoms with van der Waals surface area (Å²) in [5, 5.41) is 27.1. The van der Waals surface area contributed by atoms with Crippen LogP contribution in [-0.4, -0.2) is 28.5 Å². The Balaban J connectivity index is 2.54. The van der Waals surface area contributed by atoms with Crippen LogP contribution < -0.4 is 0 Å². The first-order chi connectivity index (χ1) is 7.17.